The Morgan fingerprint density at radius 2 is 1.79 bits per heavy atom. The third-order valence-electron chi connectivity index (χ3n) is 4.94. The number of para-hydroxylation sites is 1. The van der Waals surface area contributed by atoms with Gasteiger partial charge in [0.25, 0.3) is 5.91 Å². The number of amides is 2. The fourth-order valence-electron chi connectivity index (χ4n) is 3.56. The number of benzene rings is 2. The van der Waals surface area contributed by atoms with E-state index in [1.54, 1.807) is 49.4 Å². The molecule has 4 rings (SSSR count). The summed E-state index contributed by atoms with van der Waals surface area (Å²) in [4.78, 5) is 39.9. The molecule has 8 heteroatoms. The summed E-state index contributed by atoms with van der Waals surface area (Å²) in [5.41, 5.74) is 1.52. The molecular weight excluding hydrogens is 382 g/mol. The monoisotopic (exact) mass is 397 g/mol. The van der Waals surface area contributed by atoms with Crippen molar-refractivity contribution < 1.29 is 19.1 Å². The first kappa shape index (κ1) is 18.2. The Morgan fingerprint density at radius 3 is 2.46 bits per heavy atom. The number of hydrogen-bond donors (Lipinski definition) is 0. The molecule has 0 saturated carbocycles. The van der Waals surface area contributed by atoms with Gasteiger partial charge in [-0.15, -0.1) is 0 Å². The van der Waals surface area contributed by atoms with E-state index in [-0.39, 0.29) is 5.71 Å². The molecular formula is C20H16ClN3O4. The number of nitrogens with zero attached hydrogens (tertiary/aromatic N) is 3. The van der Waals surface area contributed by atoms with E-state index < -0.39 is 29.7 Å². The molecule has 7 nitrogen and oxygen atoms in total. The van der Waals surface area contributed by atoms with E-state index in [4.69, 9.17) is 16.3 Å². The molecule has 0 aromatic heterocycles. The van der Waals surface area contributed by atoms with Crippen LogP contribution in [-0.4, -0.2) is 36.6 Å². The number of ether oxygens (including phenoxy) is 1. The largest absolute Gasteiger partial charge is 0.464 e. The molecule has 1 fully saturated rings. The van der Waals surface area contributed by atoms with Gasteiger partial charge in [0.2, 0.25) is 5.91 Å². The van der Waals surface area contributed by atoms with Gasteiger partial charge in [-0.2, -0.15) is 5.10 Å². The number of hydrazone groups is 1. The molecule has 2 aromatic rings. The van der Waals surface area contributed by atoms with E-state index in [0.29, 0.717) is 22.0 Å². The predicted molar refractivity (Wildman–Crippen MR) is 104 cm³/mol. The highest BCUT2D eigenvalue weighted by Crippen LogP contribution is 2.39. The van der Waals surface area contributed by atoms with Gasteiger partial charge < -0.3 is 4.74 Å². The van der Waals surface area contributed by atoms with Crippen molar-refractivity contribution in [3.8, 4) is 0 Å². The van der Waals surface area contributed by atoms with Gasteiger partial charge in [0, 0.05) is 5.02 Å². The number of anilines is 2. The maximum absolute atomic E-state index is 13.3. The molecule has 0 spiro atoms. The number of rotatable bonds is 3. The number of methoxy groups -OCH3 is 1. The molecule has 28 heavy (non-hydrogen) atoms. The molecule has 2 aliphatic rings. The van der Waals surface area contributed by atoms with Crippen LogP contribution >= 0.6 is 11.6 Å². The number of hydrogen-bond acceptors (Lipinski definition) is 6. The molecule has 0 aliphatic carbocycles. The summed E-state index contributed by atoms with van der Waals surface area (Å²) >= 11 is 6.18. The first-order valence-electron chi connectivity index (χ1n) is 8.59. The minimum atomic E-state index is -1.04. The van der Waals surface area contributed by atoms with Gasteiger partial charge in [-0.05, 0) is 36.8 Å². The summed E-state index contributed by atoms with van der Waals surface area (Å²) in [6.07, 6.45) is 0. The van der Waals surface area contributed by atoms with Crippen LogP contribution in [0.1, 0.15) is 5.56 Å². The van der Waals surface area contributed by atoms with Crippen LogP contribution in [0.3, 0.4) is 0 Å². The van der Waals surface area contributed by atoms with E-state index in [1.165, 1.54) is 12.1 Å². The second-order valence-electron chi connectivity index (χ2n) is 6.48. The third kappa shape index (κ3) is 2.58. The van der Waals surface area contributed by atoms with Crippen molar-refractivity contribution in [3.05, 3.63) is 59.1 Å². The number of carbonyl (C=O) groups is 3. The highest BCUT2D eigenvalue weighted by atomic mass is 35.5. The summed E-state index contributed by atoms with van der Waals surface area (Å²) in [5.74, 6) is -2.77. The Hall–Kier alpha value is -3.19. The first-order valence-corrected chi connectivity index (χ1v) is 8.97. The lowest BCUT2D eigenvalue weighted by Gasteiger charge is -2.23. The minimum Gasteiger partial charge on any atom is -0.464 e. The average molecular weight is 398 g/mol. The molecule has 0 radical (unpaired) electrons. The normalized spacial score (nSPS) is 21.0. The maximum atomic E-state index is 13.3. The molecule has 0 bridgehead atoms. The maximum Gasteiger partial charge on any atom is 0.355 e. The van der Waals surface area contributed by atoms with Gasteiger partial charge in [0.1, 0.15) is 12.0 Å². The molecule has 2 amide bonds. The number of imide groups is 1. The topological polar surface area (TPSA) is 79.3 Å². The van der Waals surface area contributed by atoms with E-state index in [9.17, 15) is 14.4 Å². The second kappa shape index (κ2) is 6.76. The standard InChI is InChI=1S/C20H16ClN3O4/c1-11-13(21)9-6-10-14(11)23-18(25)15-16(20(27)28-2)22-24(17(15)19(23)26)12-7-4-3-5-8-12/h3-10,15,17H,1-2H3/t15-,17-/m1/s1. The van der Waals surface area contributed by atoms with Crippen LogP contribution in [0.25, 0.3) is 0 Å². The van der Waals surface area contributed by atoms with Crippen LogP contribution < -0.4 is 9.91 Å². The van der Waals surface area contributed by atoms with E-state index in [2.05, 4.69) is 5.10 Å². The lowest BCUT2D eigenvalue weighted by molar-refractivity contribution is -0.133. The number of esters is 1. The zero-order valence-electron chi connectivity index (χ0n) is 15.1. The highest BCUT2D eigenvalue weighted by Gasteiger charge is 2.59. The SMILES string of the molecule is COC(=O)C1=NN(c2ccccc2)[C@H]2C(=O)N(c3cccc(Cl)c3C)C(=O)[C@H]12. The predicted octanol–water partition coefficient (Wildman–Crippen LogP) is 2.56. The number of halogens is 1. The van der Waals surface area contributed by atoms with Crippen molar-refractivity contribution in [2.75, 3.05) is 17.0 Å². The summed E-state index contributed by atoms with van der Waals surface area (Å²) in [7, 11) is 1.21. The Bertz CT molecular complexity index is 1020. The van der Waals surface area contributed by atoms with Gasteiger partial charge in [-0.1, -0.05) is 35.9 Å². The zero-order chi connectivity index (χ0) is 20.0. The van der Waals surface area contributed by atoms with Crippen molar-refractivity contribution in [2.24, 2.45) is 11.0 Å². The molecule has 142 valence electrons. The quantitative estimate of drug-likeness (QED) is 0.587. The van der Waals surface area contributed by atoms with Crippen molar-refractivity contribution >= 4 is 46.5 Å². The number of carbonyl (C=O) groups excluding carboxylic acids is 3. The summed E-state index contributed by atoms with van der Waals surface area (Å²) in [6, 6.07) is 13.0. The molecule has 0 N–H and O–H groups in total. The summed E-state index contributed by atoms with van der Waals surface area (Å²) < 4.78 is 4.79. The van der Waals surface area contributed by atoms with Gasteiger partial charge in [-0.3, -0.25) is 14.6 Å². The number of fused-ring (bicyclic) bond motifs is 1. The van der Waals surface area contributed by atoms with Crippen LogP contribution in [0.5, 0.6) is 0 Å². The molecule has 2 heterocycles. The Labute approximate surface area is 166 Å². The van der Waals surface area contributed by atoms with Crippen molar-refractivity contribution in [2.45, 2.75) is 13.0 Å². The van der Waals surface area contributed by atoms with E-state index in [1.807, 2.05) is 6.07 Å². The van der Waals surface area contributed by atoms with Crippen molar-refractivity contribution in [1.29, 1.82) is 0 Å². The first-order chi connectivity index (χ1) is 13.5. The Morgan fingerprint density at radius 1 is 1.07 bits per heavy atom. The Kier molecular flexibility index (Phi) is 4.39. The minimum absolute atomic E-state index is 0.0862. The van der Waals surface area contributed by atoms with Crippen molar-refractivity contribution in [1.82, 2.24) is 0 Å². The molecule has 0 unspecified atom stereocenters. The fourth-order valence-corrected chi connectivity index (χ4v) is 3.73. The van der Waals surface area contributed by atoms with Crippen LogP contribution in [0.4, 0.5) is 11.4 Å². The lowest BCUT2D eigenvalue weighted by Crippen LogP contribution is -2.39. The van der Waals surface area contributed by atoms with Crippen LogP contribution in [-0.2, 0) is 19.1 Å². The van der Waals surface area contributed by atoms with Crippen LogP contribution in [0.15, 0.2) is 53.6 Å². The van der Waals surface area contributed by atoms with Gasteiger partial charge >= 0.3 is 5.97 Å². The lowest BCUT2D eigenvalue weighted by atomic mass is 9.98. The third-order valence-corrected chi connectivity index (χ3v) is 5.35. The highest BCUT2D eigenvalue weighted by molar-refractivity contribution is 6.47. The summed E-state index contributed by atoms with van der Waals surface area (Å²) in [6.45, 7) is 1.73. The average Bonchev–Trinajstić information content (AvgIpc) is 3.22. The van der Waals surface area contributed by atoms with Gasteiger partial charge in [0.15, 0.2) is 5.71 Å². The zero-order valence-corrected chi connectivity index (χ0v) is 15.9. The summed E-state index contributed by atoms with van der Waals surface area (Å²) in [5, 5.41) is 6.12. The van der Waals surface area contributed by atoms with Crippen LogP contribution in [0.2, 0.25) is 5.02 Å². The molecule has 2 aliphatic heterocycles. The van der Waals surface area contributed by atoms with Crippen LogP contribution in [0, 0.1) is 12.8 Å². The molecule has 1 saturated heterocycles. The van der Waals surface area contributed by atoms with Crippen molar-refractivity contribution in [3.63, 3.8) is 0 Å². The smallest absolute Gasteiger partial charge is 0.355 e. The van der Waals surface area contributed by atoms with Gasteiger partial charge in [0.05, 0.1) is 18.5 Å². The Balaban J connectivity index is 1.84. The second-order valence-corrected chi connectivity index (χ2v) is 6.88. The van der Waals surface area contributed by atoms with E-state index >= 15 is 0 Å². The van der Waals surface area contributed by atoms with Gasteiger partial charge in [-0.25, -0.2) is 9.69 Å². The fraction of sp³-hybridized carbons (Fsp3) is 0.200. The molecule has 2 aromatic carbocycles. The molecule has 2 atom stereocenters. The van der Waals surface area contributed by atoms with E-state index in [0.717, 1.165) is 4.90 Å².